The average molecular weight is 285 g/mol. The summed E-state index contributed by atoms with van der Waals surface area (Å²) >= 11 is 1.42. The van der Waals surface area contributed by atoms with Crippen LogP contribution in [0.3, 0.4) is 0 Å². The van der Waals surface area contributed by atoms with E-state index in [2.05, 4.69) is 22.5 Å². The van der Waals surface area contributed by atoms with Crippen LogP contribution in [0, 0.1) is 0 Å². The van der Waals surface area contributed by atoms with E-state index in [9.17, 15) is 9.90 Å². The quantitative estimate of drug-likeness (QED) is 0.721. The molecule has 5 nitrogen and oxygen atoms in total. The lowest BCUT2D eigenvalue weighted by Crippen LogP contribution is -2.43. The van der Waals surface area contributed by atoms with Gasteiger partial charge in [-0.2, -0.15) is 0 Å². The van der Waals surface area contributed by atoms with Crippen LogP contribution in [0.25, 0.3) is 0 Å². The van der Waals surface area contributed by atoms with Crippen LogP contribution in [0.1, 0.15) is 45.7 Å². The van der Waals surface area contributed by atoms with Crippen LogP contribution in [-0.2, 0) is 6.42 Å². The van der Waals surface area contributed by atoms with Crippen LogP contribution < -0.4 is 10.6 Å². The Morgan fingerprint density at radius 3 is 2.68 bits per heavy atom. The first kappa shape index (κ1) is 15.9. The van der Waals surface area contributed by atoms with Gasteiger partial charge in [-0.1, -0.05) is 27.2 Å². The lowest BCUT2D eigenvalue weighted by Gasteiger charge is -2.25. The predicted octanol–water partition coefficient (Wildman–Crippen LogP) is 2.77. The smallest absolute Gasteiger partial charge is 0.321 e. The molecule has 0 saturated carbocycles. The summed E-state index contributed by atoms with van der Waals surface area (Å²) in [6.45, 7) is 6.15. The maximum absolute atomic E-state index is 11.7. The Labute approximate surface area is 118 Å². The molecule has 0 aliphatic heterocycles. The number of urea groups is 1. The highest BCUT2D eigenvalue weighted by Gasteiger charge is 2.22. The fraction of sp³-hybridized carbons (Fsp3) is 0.692. The number of nitrogens with one attached hydrogen (secondary N) is 2. The second kappa shape index (κ2) is 7.45. The molecule has 0 aliphatic rings. The summed E-state index contributed by atoms with van der Waals surface area (Å²) in [5, 5.41) is 18.0. The zero-order chi connectivity index (χ0) is 14.3. The van der Waals surface area contributed by atoms with Gasteiger partial charge < -0.3 is 10.4 Å². The standard InChI is InChI=1S/C13H23N3O2S/c1-4-7-10-8-19-12(15-10)16-11(17)14-9-13(18,5-2)6-3/h8,18H,4-7,9H2,1-3H3,(H2,14,15,16,17). The molecule has 0 aromatic carbocycles. The van der Waals surface area contributed by atoms with Gasteiger partial charge >= 0.3 is 6.03 Å². The maximum atomic E-state index is 11.7. The summed E-state index contributed by atoms with van der Waals surface area (Å²) in [5.74, 6) is 0. The van der Waals surface area contributed by atoms with Gasteiger partial charge in [-0.05, 0) is 19.3 Å². The lowest BCUT2D eigenvalue weighted by atomic mass is 9.98. The summed E-state index contributed by atoms with van der Waals surface area (Å²) in [7, 11) is 0. The third-order valence-electron chi connectivity index (χ3n) is 3.17. The van der Waals surface area contributed by atoms with E-state index in [1.54, 1.807) is 0 Å². The number of rotatable bonds is 7. The zero-order valence-corrected chi connectivity index (χ0v) is 12.6. The molecule has 1 heterocycles. The Hall–Kier alpha value is -1.14. The van der Waals surface area contributed by atoms with Gasteiger partial charge in [0.05, 0.1) is 11.3 Å². The van der Waals surface area contributed by atoms with E-state index in [4.69, 9.17) is 0 Å². The molecule has 0 bridgehead atoms. The van der Waals surface area contributed by atoms with Crippen molar-refractivity contribution in [1.29, 1.82) is 0 Å². The van der Waals surface area contributed by atoms with E-state index in [1.807, 2.05) is 19.2 Å². The largest absolute Gasteiger partial charge is 0.388 e. The van der Waals surface area contributed by atoms with Crippen molar-refractivity contribution in [2.75, 3.05) is 11.9 Å². The molecular weight excluding hydrogens is 262 g/mol. The summed E-state index contributed by atoms with van der Waals surface area (Å²) in [4.78, 5) is 16.0. The van der Waals surface area contributed by atoms with E-state index in [0.29, 0.717) is 18.0 Å². The predicted molar refractivity (Wildman–Crippen MR) is 78.7 cm³/mol. The molecule has 19 heavy (non-hydrogen) atoms. The fourth-order valence-electron chi connectivity index (χ4n) is 1.62. The van der Waals surface area contributed by atoms with E-state index in [1.165, 1.54) is 11.3 Å². The van der Waals surface area contributed by atoms with Gasteiger partial charge in [-0.15, -0.1) is 11.3 Å². The highest BCUT2D eigenvalue weighted by Crippen LogP contribution is 2.17. The van der Waals surface area contributed by atoms with Crippen molar-refractivity contribution in [3.05, 3.63) is 11.1 Å². The number of thiazole rings is 1. The minimum Gasteiger partial charge on any atom is -0.388 e. The van der Waals surface area contributed by atoms with Gasteiger partial charge in [-0.3, -0.25) is 5.32 Å². The van der Waals surface area contributed by atoms with Gasteiger partial charge in [0.25, 0.3) is 0 Å². The Kier molecular flexibility index (Phi) is 6.24. The third-order valence-corrected chi connectivity index (χ3v) is 3.98. The maximum Gasteiger partial charge on any atom is 0.321 e. The highest BCUT2D eigenvalue weighted by atomic mass is 32.1. The molecule has 0 radical (unpaired) electrons. The minimum absolute atomic E-state index is 0.249. The molecule has 0 atom stereocenters. The van der Waals surface area contributed by atoms with Crippen molar-refractivity contribution in [3.63, 3.8) is 0 Å². The summed E-state index contributed by atoms with van der Waals surface area (Å²) in [5.41, 5.74) is 0.176. The van der Waals surface area contributed by atoms with Crippen molar-refractivity contribution in [1.82, 2.24) is 10.3 Å². The van der Waals surface area contributed by atoms with Crippen molar-refractivity contribution in [2.45, 2.75) is 52.1 Å². The van der Waals surface area contributed by atoms with Crippen LogP contribution in [0.5, 0.6) is 0 Å². The normalized spacial score (nSPS) is 11.4. The third kappa shape index (κ3) is 5.16. The van der Waals surface area contributed by atoms with Gasteiger partial charge in [-0.25, -0.2) is 9.78 Å². The number of nitrogens with zero attached hydrogens (tertiary/aromatic N) is 1. The second-order valence-electron chi connectivity index (χ2n) is 4.63. The monoisotopic (exact) mass is 285 g/mol. The number of aromatic nitrogens is 1. The number of amides is 2. The minimum atomic E-state index is -0.826. The molecule has 0 aliphatic carbocycles. The van der Waals surface area contributed by atoms with Gasteiger partial charge in [0.15, 0.2) is 5.13 Å². The van der Waals surface area contributed by atoms with Gasteiger partial charge in [0.1, 0.15) is 0 Å². The topological polar surface area (TPSA) is 74.2 Å². The first-order valence-electron chi connectivity index (χ1n) is 6.74. The molecule has 6 heteroatoms. The summed E-state index contributed by atoms with van der Waals surface area (Å²) in [6, 6.07) is -0.322. The van der Waals surface area contributed by atoms with E-state index in [-0.39, 0.29) is 12.6 Å². The Balaban J connectivity index is 2.42. The van der Waals surface area contributed by atoms with Crippen LogP contribution in [0.2, 0.25) is 0 Å². The number of aliphatic hydroxyl groups is 1. The molecule has 1 aromatic rings. The van der Waals surface area contributed by atoms with E-state index in [0.717, 1.165) is 18.5 Å². The molecule has 3 N–H and O–H groups in total. The number of aryl methyl sites for hydroxylation is 1. The van der Waals surface area contributed by atoms with E-state index >= 15 is 0 Å². The van der Waals surface area contributed by atoms with Crippen molar-refractivity contribution in [2.24, 2.45) is 0 Å². The Bertz CT molecular complexity index is 402. The number of anilines is 1. The second-order valence-corrected chi connectivity index (χ2v) is 5.49. The van der Waals surface area contributed by atoms with Gasteiger partial charge in [0, 0.05) is 11.9 Å². The Morgan fingerprint density at radius 2 is 2.11 bits per heavy atom. The van der Waals surface area contributed by atoms with Gasteiger partial charge in [0.2, 0.25) is 0 Å². The molecule has 1 aromatic heterocycles. The highest BCUT2D eigenvalue weighted by molar-refractivity contribution is 7.13. The lowest BCUT2D eigenvalue weighted by molar-refractivity contribution is 0.0354. The first-order chi connectivity index (χ1) is 9.03. The number of hydrogen-bond donors (Lipinski definition) is 3. The molecule has 0 fully saturated rings. The molecule has 108 valence electrons. The van der Waals surface area contributed by atoms with Crippen molar-refractivity contribution in [3.8, 4) is 0 Å². The number of carbonyl (C=O) groups is 1. The van der Waals surface area contributed by atoms with E-state index < -0.39 is 5.60 Å². The Morgan fingerprint density at radius 1 is 1.42 bits per heavy atom. The summed E-state index contributed by atoms with van der Waals surface area (Å²) in [6.07, 6.45) is 3.18. The molecule has 0 spiro atoms. The first-order valence-corrected chi connectivity index (χ1v) is 7.62. The van der Waals surface area contributed by atoms with Crippen molar-refractivity contribution < 1.29 is 9.90 Å². The van der Waals surface area contributed by atoms with Crippen LogP contribution in [0.4, 0.5) is 9.93 Å². The van der Waals surface area contributed by atoms with Crippen LogP contribution in [0.15, 0.2) is 5.38 Å². The SMILES string of the molecule is CCCc1csc(NC(=O)NCC(O)(CC)CC)n1. The molecule has 0 unspecified atom stereocenters. The molecular formula is C13H23N3O2S. The number of carbonyl (C=O) groups excluding carboxylic acids is 1. The average Bonchev–Trinajstić information content (AvgIpc) is 2.84. The number of hydrogen-bond acceptors (Lipinski definition) is 4. The molecule has 0 saturated heterocycles. The van der Waals surface area contributed by atoms with Crippen LogP contribution >= 0.6 is 11.3 Å². The molecule has 1 rings (SSSR count). The van der Waals surface area contributed by atoms with Crippen molar-refractivity contribution >= 4 is 22.5 Å². The summed E-state index contributed by atoms with van der Waals surface area (Å²) < 4.78 is 0. The molecule has 2 amide bonds. The zero-order valence-electron chi connectivity index (χ0n) is 11.8. The van der Waals surface area contributed by atoms with Crippen LogP contribution in [-0.4, -0.2) is 28.3 Å². The fourth-order valence-corrected chi connectivity index (χ4v) is 2.36.